The Hall–Kier alpha value is -1.61. The summed E-state index contributed by atoms with van der Waals surface area (Å²) in [5, 5.41) is 0.292. The number of hydrogen-bond acceptors (Lipinski definition) is 2. The van der Waals surface area contributed by atoms with Crippen LogP contribution in [0, 0.1) is 5.82 Å². The van der Waals surface area contributed by atoms with Gasteiger partial charge in [0.05, 0.1) is 11.4 Å². The maximum Gasteiger partial charge on any atom is 0.152 e. The summed E-state index contributed by atoms with van der Waals surface area (Å²) in [5.41, 5.74) is 8.89. The summed E-state index contributed by atoms with van der Waals surface area (Å²) in [6, 6.07) is 8.05. The van der Waals surface area contributed by atoms with Gasteiger partial charge < -0.3 is 5.73 Å². The van der Waals surface area contributed by atoms with E-state index in [2.05, 4.69) is 4.98 Å². The van der Waals surface area contributed by atoms with Gasteiger partial charge in [-0.3, -0.25) is 0 Å². The van der Waals surface area contributed by atoms with E-state index < -0.39 is 0 Å². The van der Waals surface area contributed by atoms with Gasteiger partial charge in [0.15, 0.2) is 5.15 Å². The van der Waals surface area contributed by atoms with Crippen molar-refractivity contribution in [2.75, 3.05) is 5.73 Å². The summed E-state index contributed by atoms with van der Waals surface area (Å²) < 4.78 is 12.9. The van der Waals surface area contributed by atoms with Crippen molar-refractivity contribution in [2.45, 2.75) is 19.8 Å². The Morgan fingerprint density at radius 2 is 1.83 bits per heavy atom. The fraction of sp³-hybridized carbons (Fsp3) is 0.214. The van der Waals surface area contributed by atoms with Crippen LogP contribution in [0.3, 0.4) is 0 Å². The lowest BCUT2D eigenvalue weighted by Crippen LogP contribution is -2.00. The summed E-state index contributed by atoms with van der Waals surface area (Å²) in [4.78, 5) is 4.23. The molecule has 94 valence electrons. The highest BCUT2D eigenvalue weighted by Gasteiger charge is 2.12. The van der Waals surface area contributed by atoms with Gasteiger partial charge in [-0.05, 0) is 41.8 Å². The summed E-state index contributed by atoms with van der Waals surface area (Å²) in [7, 11) is 0. The zero-order valence-electron chi connectivity index (χ0n) is 10.2. The van der Waals surface area contributed by atoms with Crippen LogP contribution in [0.5, 0.6) is 0 Å². The number of nitrogens with zero attached hydrogens (tertiary/aromatic N) is 1. The van der Waals surface area contributed by atoms with Crippen molar-refractivity contribution in [2.24, 2.45) is 0 Å². The SMILES string of the molecule is CC(C)c1cc(-c2ccc(F)cc2)nc(Cl)c1N. The van der Waals surface area contributed by atoms with Crippen molar-refractivity contribution in [3.8, 4) is 11.3 Å². The Balaban J connectivity index is 2.55. The predicted molar refractivity (Wildman–Crippen MR) is 73.1 cm³/mol. The molecule has 2 aromatic rings. The first-order valence-corrected chi connectivity index (χ1v) is 6.08. The predicted octanol–water partition coefficient (Wildman–Crippen LogP) is 4.25. The van der Waals surface area contributed by atoms with Crippen molar-refractivity contribution in [3.05, 3.63) is 46.9 Å². The van der Waals surface area contributed by atoms with Gasteiger partial charge in [-0.1, -0.05) is 25.4 Å². The Morgan fingerprint density at radius 1 is 1.22 bits per heavy atom. The van der Waals surface area contributed by atoms with Gasteiger partial charge in [0.25, 0.3) is 0 Å². The number of hydrogen-bond donors (Lipinski definition) is 1. The molecule has 4 heteroatoms. The second-order valence-corrected chi connectivity index (χ2v) is 4.82. The number of pyridine rings is 1. The molecule has 0 aliphatic heterocycles. The average molecular weight is 265 g/mol. The van der Waals surface area contributed by atoms with Crippen LogP contribution in [-0.2, 0) is 0 Å². The molecular weight excluding hydrogens is 251 g/mol. The molecular formula is C14H14ClFN2. The first-order chi connectivity index (χ1) is 8.49. The summed E-state index contributed by atoms with van der Waals surface area (Å²) in [6.45, 7) is 4.08. The van der Waals surface area contributed by atoms with Gasteiger partial charge in [-0.2, -0.15) is 0 Å². The van der Waals surface area contributed by atoms with Crippen LogP contribution in [-0.4, -0.2) is 4.98 Å². The molecule has 2 rings (SSSR count). The fourth-order valence-electron chi connectivity index (χ4n) is 1.79. The number of aromatic nitrogens is 1. The van der Waals surface area contributed by atoms with E-state index in [1.807, 2.05) is 19.9 Å². The average Bonchev–Trinajstić information content (AvgIpc) is 2.33. The zero-order valence-corrected chi connectivity index (χ0v) is 11.0. The Labute approximate surface area is 111 Å². The number of anilines is 1. The quantitative estimate of drug-likeness (QED) is 0.824. The van der Waals surface area contributed by atoms with Crippen molar-refractivity contribution in [1.29, 1.82) is 0 Å². The normalized spacial score (nSPS) is 10.9. The standard InChI is InChI=1S/C14H14ClFN2/c1-8(2)11-7-12(18-14(15)13(11)17)9-3-5-10(16)6-4-9/h3-8H,17H2,1-2H3. The van der Waals surface area contributed by atoms with E-state index in [1.165, 1.54) is 12.1 Å². The minimum absolute atomic E-state index is 0.254. The molecule has 0 unspecified atom stereocenters. The smallest absolute Gasteiger partial charge is 0.152 e. The van der Waals surface area contributed by atoms with Crippen molar-refractivity contribution >= 4 is 17.3 Å². The summed E-state index contributed by atoms with van der Waals surface area (Å²) in [5.74, 6) is -0.0194. The highest BCUT2D eigenvalue weighted by atomic mass is 35.5. The van der Waals surface area contributed by atoms with Crippen LogP contribution in [0.15, 0.2) is 30.3 Å². The number of halogens is 2. The number of rotatable bonds is 2. The molecule has 0 aliphatic carbocycles. The Bertz CT molecular complexity index is 565. The summed E-state index contributed by atoms with van der Waals surface area (Å²) >= 11 is 6.03. The molecule has 0 amide bonds. The molecule has 0 fully saturated rings. The molecule has 0 spiro atoms. The molecule has 1 aromatic heterocycles. The maximum absolute atomic E-state index is 12.9. The molecule has 1 heterocycles. The van der Waals surface area contributed by atoms with Crippen LogP contribution in [0.25, 0.3) is 11.3 Å². The van der Waals surface area contributed by atoms with E-state index >= 15 is 0 Å². The number of nitrogens with two attached hydrogens (primary N) is 1. The molecule has 2 nitrogen and oxygen atoms in total. The monoisotopic (exact) mass is 264 g/mol. The van der Waals surface area contributed by atoms with E-state index in [1.54, 1.807) is 12.1 Å². The minimum atomic E-state index is -0.274. The van der Waals surface area contributed by atoms with E-state index in [-0.39, 0.29) is 11.7 Å². The first kappa shape index (κ1) is 12.8. The lowest BCUT2D eigenvalue weighted by Gasteiger charge is -2.12. The molecule has 0 radical (unpaired) electrons. The second-order valence-electron chi connectivity index (χ2n) is 4.46. The molecule has 18 heavy (non-hydrogen) atoms. The van der Waals surface area contributed by atoms with Crippen LogP contribution in [0.4, 0.5) is 10.1 Å². The summed E-state index contributed by atoms with van der Waals surface area (Å²) in [6.07, 6.45) is 0. The molecule has 2 N–H and O–H groups in total. The van der Waals surface area contributed by atoms with Gasteiger partial charge in [-0.15, -0.1) is 0 Å². The number of nitrogen functional groups attached to an aromatic ring is 1. The van der Waals surface area contributed by atoms with E-state index in [4.69, 9.17) is 17.3 Å². The van der Waals surface area contributed by atoms with Crippen LogP contribution >= 0.6 is 11.6 Å². The Kier molecular flexibility index (Phi) is 3.53. The lowest BCUT2D eigenvalue weighted by atomic mass is 10.00. The molecule has 0 saturated carbocycles. The van der Waals surface area contributed by atoms with Crippen LogP contribution in [0.2, 0.25) is 5.15 Å². The van der Waals surface area contributed by atoms with Crippen LogP contribution < -0.4 is 5.73 Å². The van der Waals surface area contributed by atoms with Gasteiger partial charge in [-0.25, -0.2) is 9.37 Å². The third-order valence-corrected chi connectivity index (χ3v) is 3.09. The first-order valence-electron chi connectivity index (χ1n) is 5.71. The molecule has 0 atom stereocenters. The van der Waals surface area contributed by atoms with Crippen molar-refractivity contribution in [1.82, 2.24) is 4.98 Å². The van der Waals surface area contributed by atoms with Crippen molar-refractivity contribution in [3.63, 3.8) is 0 Å². The largest absolute Gasteiger partial charge is 0.396 e. The highest BCUT2D eigenvalue weighted by molar-refractivity contribution is 6.32. The Morgan fingerprint density at radius 3 is 2.39 bits per heavy atom. The van der Waals surface area contributed by atoms with Crippen LogP contribution in [0.1, 0.15) is 25.3 Å². The van der Waals surface area contributed by atoms with Gasteiger partial charge in [0, 0.05) is 5.56 Å². The molecule has 0 aliphatic rings. The third-order valence-electron chi connectivity index (χ3n) is 2.81. The van der Waals surface area contributed by atoms with E-state index in [9.17, 15) is 4.39 Å². The van der Waals surface area contributed by atoms with Gasteiger partial charge in [0.1, 0.15) is 5.82 Å². The minimum Gasteiger partial charge on any atom is -0.396 e. The topological polar surface area (TPSA) is 38.9 Å². The number of benzene rings is 1. The lowest BCUT2D eigenvalue weighted by molar-refractivity contribution is 0.628. The van der Waals surface area contributed by atoms with Crippen molar-refractivity contribution < 1.29 is 4.39 Å². The zero-order chi connectivity index (χ0) is 13.3. The fourth-order valence-corrected chi connectivity index (χ4v) is 1.99. The van der Waals surface area contributed by atoms with E-state index in [0.29, 0.717) is 16.5 Å². The third kappa shape index (κ3) is 2.46. The molecule has 0 saturated heterocycles. The second kappa shape index (κ2) is 4.94. The molecule has 0 bridgehead atoms. The molecule has 1 aromatic carbocycles. The van der Waals surface area contributed by atoms with Gasteiger partial charge >= 0.3 is 0 Å². The van der Waals surface area contributed by atoms with Gasteiger partial charge in [0.2, 0.25) is 0 Å². The van der Waals surface area contributed by atoms with E-state index in [0.717, 1.165) is 11.1 Å². The highest BCUT2D eigenvalue weighted by Crippen LogP contribution is 2.31. The maximum atomic E-state index is 12.9.